The molecule has 2 atom stereocenters. The fraction of sp³-hybridized carbons (Fsp3) is 0.588. The van der Waals surface area contributed by atoms with Crippen LogP contribution >= 0.6 is 0 Å². The van der Waals surface area contributed by atoms with Gasteiger partial charge in [0.2, 0.25) is 41.7 Å². The molecule has 14 heteroatoms. The van der Waals surface area contributed by atoms with Crippen molar-refractivity contribution in [3.63, 3.8) is 0 Å². The molecule has 1 radical (unpaired) electrons. The Balaban J connectivity index is 2.14. The Morgan fingerprint density at radius 1 is 0.871 bits per heavy atom. The van der Waals surface area contributed by atoms with Crippen LogP contribution < -0.4 is 37.6 Å². The lowest BCUT2D eigenvalue weighted by Crippen LogP contribution is -2.48. The van der Waals surface area contributed by atoms with Crippen LogP contribution in [0.2, 0.25) is 0 Å². The molecule has 1 rings (SSSR count). The van der Waals surface area contributed by atoms with E-state index in [1.54, 1.807) is 0 Å². The molecule has 8 N–H and O–H groups in total. The minimum Gasteiger partial charge on any atom is -0.370 e. The molecule has 0 aromatic carbocycles. The second-order valence-electron chi connectivity index (χ2n) is 6.61. The average molecular weight is 440 g/mol. The van der Waals surface area contributed by atoms with Gasteiger partial charge in [-0.3, -0.25) is 33.6 Å². The molecule has 1 heterocycles. The summed E-state index contributed by atoms with van der Waals surface area (Å²) in [6.45, 7) is -0.909. The topological polar surface area (TPSA) is 218 Å². The number of hydrogen-bond acceptors (Lipinski definition) is 8. The highest BCUT2D eigenvalue weighted by Crippen LogP contribution is 2.03. The van der Waals surface area contributed by atoms with E-state index in [4.69, 9.17) is 5.73 Å². The monoisotopic (exact) mass is 440 g/mol. The van der Waals surface area contributed by atoms with E-state index in [0.29, 0.717) is 6.42 Å². The van der Waals surface area contributed by atoms with Gasteiger partial charge >= 0.3 is 0 Å². The van der Waals surface area contributed by atoms with Gasteiger partial charge < -0.3 is 37.6 Å². The van der Waals surface area contributed by atoms with Gasteiger partial charge in [-0.05, 0) is 19.4 Å². The van der Waals surface area contributed by atoms with Crippen molar-refractivity contribution in [2.45, 2.75) is 31.3 Å². The number of primary amides is 1. The van der Waals surface area contributed by atoms with Crippen molar-refractivity contribution in [2.75, 3.05) is 32.7 Å². The van der Waals surface area contributed by atoms with Crippen LogP contribution in [0.4, 0.5) is 0 Å². The van der Waals surface area contributed by atoms with E-state index in [2.05, 4.69) is 31.9 Å². The lowest BCUT2D eigenvalue weighted by molar-refractivity contribution is -0.129. The molecule has 171 valence electrons. The molecular weight excluding hydrogens is 414 g/mol. The van der Waals surface area contributed by atoms with Gasteiger partial charge in [0.1, 0.15) is 6.04 Å². The number of carbonyl (C=O) groups excluding carboxylic acids is 7. The molecule has 0 spiro atoms. The molecule has 0 saturated carbocycles. The van der Waals surface area contributed by atoms with Crippen LogP contribution in [0.5, 0.6) is 0 Å². The molecule has 14 nitrogen and oxygen atoms in total. The number of hydrogen-bond donors (Lipinski definition) is 7. The van der Waals surface area contributed by atoms with Crippen molar-refractivity contribution in [1.29, 1.82) is 0 Å². The summed E-state index contributed by atoms with van der Waals surface area (Å²) < 4.78 is 0. The van der Waals surface area contributed by atoms with Crippen LogP contribution in [-0.4, -0.2) is 86.5 Å². The molecule has 0 bridgehead atoms. The largest absolute Gasteiger partial charge is 0.370 e. The third kappa shape index (κ3) is 11.3. The quantitative estimate of drug-likeness (QED) is 0.146. The zero-order valence-electron chi connectivity index (χ0n) is 16.7. The molecular formula is C17H26N7O7. The highest BCUT2D eigenvalue weighted by atomic mass is 16.2. The van der Waals surface area contributed by atoms with E-state index in [9.17, 15) is 33.6 Å². The molecule has 0 unspecified atom stereocenters. The molecule has 31 heavy (non-hydrogen) atoms. The van der Waals surface area contributed by atoms with E-state index < -0.39 is 61.6 Å². The van der Waals surface area contributed by atoms with Crippen molar-refractivity contribution >= 4 is 41.7 Å². The third-order valence-corrected chi connectivity index (χ3v) is 4.02. The lowest BCUT2D eigenvalue weighted by atomic mass is 10.2. The fourth-order valence-corrected chi connectivity index (χ4v) is 2.49. The van der Waals surface area contributed by atoms with Crippen molar-refractivity contribution in [1.82, 2.24) is 31.9 Å². The smallest absolute Gasteiger partial charge is 0.240 e. The number of carbonyl (C=O) groups is 6. The molecule has 0 aromatic heterocycles. The standard InChI is InChI=1S/C17H26N7O7/c18-12(26)4-10(9-25)24-16(30)8-22-14(28)6-20-13(27)5-21-15(29)7-23-17(31)11-2-1-3-19-11/h10-11,19H,1-8H2,(H2,18,26)(H,20,27)(H,21,29)(H,22,28)(H,23,31)(H,24,30)/t10-,11-/m0/s1. The summed E-state index contributed by atoms with van der Waals surface area (Å²) in [6.07, 6.45) is 2.59. The maximum absolute atomic E-state index is 11.8. The predicted octanol–water partition coefficient (Wildman–Crippen LogP) is -5.33. The molecule has 1 saturated heterocycles. The first-order chi connectivity index (χ1) is 14.7. The summed E-state index contributed by atoms with van der Waals surface area (Å²) in [5.74, 6) is -3.77. The van der Waals surface area contributed by atoms with Gasteiger partial charge in [0.15, 0.2) is 0 Å². The van der Waals surface area contributed by atoms with Crippen LogP contribution in [0.3, 0.4) is 0 Å². The minimum atomic E-state index is -1.22. The van der Waals surface area contributed by atoms with Gasteiger partial charge in [-0.2, -0.15) is 0 Å². The van der Waals surface area contributed by atoms with E-state index in [1.807, 2.05) is 0 Å². The van der Waals surface area contributed by atoms with Gasteiger partial charge in [-0.15, -0.1) is 0 Å². The lowest BCUT2D eigenvalue weighted by Gasteiger charge is -2.12. The van der Waals surface area contributed by atoms with E-state index in [1.165, 1.54) is 6.29 Å². The van der Waals surface area contributed by atoms with E-state index in [-0.39, 0.29) is 18.5 Å². The molecule has 1 aliphatic rings. The zero-order valence-corrected chi connectivity index (χ0v) is 16.7. The molecule has 1 aliphatic heterocycles. The maximum Gasteiger partial charge on any atom is 0.240 e. The Labute approximate surface area is 177 Å². The van der Waals surface area contributed by atoms with Crippen molar-refractivity contribution < 1.29 is 33.6 Å². The van der Waals surface area contributed by atoms with Crippen molar-refractivity contribution in [3.8, 4) is 0 Å². The Morgan fingerprint density at radius 3 is 1.84 bits per heavy atom. The van der Waals surface area contributed by atoms with Gasteiger partial charge in [0.05, 0.1) is 38.6 Å². The van der Waals surface area contributed by atoms with Gasteiger partial charge in [-0.25, -0.2) is 0 Å². The van der Waals surface area contributed by atoms with Crippen LogP contribution in [0.25, 0.3) is 0 Å². The molecule has 0 aliphatic carbocycles. The first-order valence-corrected chi connectivity index (χ1v) is 9.47. The number of rotatable bonds is 13. The van der Waals surface area contributed by atoms with Gasteiger partial charge in [-0.1, -0.05) is 0 Å². The van der Waals surface area contributed by atoms with Gasteiger partial charge in [0.25, 0.3) is 0 Å². The SMILES string of the molecule is NC(=O)C[C@@H]([C]=O)NC(=O)CNC(=O)CNC(=O)CNC(=O)CNC(=O)[C@@H]1CCCN1. The second-order valence-corrected chi connectivity index (χ2v) is 6.61. The number of nitrogens with one attached hydrogen (secondary N) is 6. The summed E-state index contributed by atoms with van der Waals surface area (Å²) in [7, 11) is 0. The highest BCUT2D eigenvalue weighted by molar-refractivity contribution is 5.92. The molecule has 6 amide bonds. The highest BCUT2D eigenvalue weighted by Gasteiger charge is 2.22. The predicted molar refractivity (Wildman–Crippen MR) is 104 cm³/mol. The van der Waals surface area contributed by atoms with E-state index >= 15 is 0 Å². The Hall–Kier alpha value is -3.55. The van der Waals surface area contributed by atoms with Crippen LogP contribution in [0, 0.1) is 0 Å². The Bertz CT molecular complexity index is 707. The van der Waals surface area contributed by atoms with Crippen LogP contribution in [0.1, 0.15) is 19.3 Å². The second kappa shape index (κ2) is 13.6. The van der Waals surface area contributed by atoms with Crippen molar-refractivity contribution in [2.24, 2.45) is 5.73 Å². The normalized spacial score (nSPS) is 15.8. The molecule has 0 aromatic rings. The van der Waals surface area contributed by atoms with Gasteiger partial charge in [0, 0.05) is 0 Å². The van der Waals surface area contributed by atoms with Crippen LogP contribution in [0.15, 0.2) is 0 Å². The summed E-state index contributed by atoms with van der Waals surface area (Å²) in [5, 5.41) is 14.3. The zero-order chi connectivity index (χ0) is 23.2. The summed E-state index contributed by atoms with van der Waals surface area (Å²) in [5.41, 5.74) is 4.91. The minimum absolute atomic E-state index is 0.283. The Morgan fingerprint density at radius 2 is 1.39 bits per heavy atom. The first kappa shape index (κ1) is 25.5. The summed E-state index contributed by atoms with van der Waals surface area (Å²) in [6, 6.07) is -1.54. The third-order valence-electron chi connectivity index (χ3n) is 4.02. The number of nitrogens with two attached hydrogens (primary N) is 1. The van der Waals surface area contributed by atoms with E-state index in [0.717, 1.165) is 13.0 Å². The maximum atomic E-state index is 11.8. The van der Waals surface area contributed by atoms with Crippen LogP contribution in [-0.2, 0) is 33.6 Å². The first-order valence-electron chi connectivity index (χ1n) is 9.47. The van der Waals surface area contributed by atoms with Crippen molar-refractivity contribution in [3.05, 3.63) is 0 Å². The summed E-state index contributed by atoms with van der Waals surface area (Å²) in [4.78, 5) is 79.6. The average Bonchev–Trinajstić information content (AvgIpc) is 3.27. The summed E-state index contributed by atoms with van der Waals surface area (Å²) >= 11 is 0. The number of amides is 6. The fourth-order valence-electron chi connectivity index (χ4n) is 2.49. The molecule has 1 fully saturated rings. The Kier molecular flexibility index (Phi) is 11.2.